The summed E-state index contributed by atoms with van der Waals surface area (Å²) in [5, 5.41) is 9.96. The molecule has 0 spiro atoms. The SMILES string of the molecule is CCCCCCCCCCC[C@H](O)CC1=C[C@H](C)OC1=O. The van der Waals surface area contributed by atoms with Gasteiger partial charge in [-0.1, -0.05) is 64.7 Å². The van der Waals surface area contributed by atoms with E-state index in [4.69, 9.17) is 4.74 Å². The number of carbonyl (C=O) groups excluding carboxylic acids is 1. The van der Waals surface area contributed by atoms with Crippen molar-refractivity contribution in [3.8, 4) is 0 Å². The second-order valence-electron chi connectivity index (χ2n) is 6.28. The lowest BCUT2D eigenvalue weighted by Crippen LogP contribution is -2.11. The third-order valence-corrected chi connectivity index (χ3v) is 4.09. The molecule has 1 aliphatic heterocycles. The summed E-state index contributed by atoms with van der Waals surface area (Å²) in [6.07, 6.45) is 14.1. The van der Waals surface area contributed by atoms with E-state index in [1.54, 1.807) is 0 Å². The lowest BCUT2D eigenvalue weighted by atomic mass is 10.0. The van der Waals surface area contributed by atoms with Gasteiger partial charge in [0.1, 0.15) is 6.10 Å². The van der Waals surface area contributed by atoms with Crippen molar-refractivity contribution in [3.63, 3.8) is 0 Å². The van der Waals surface area contributed by atoms with Crippen LogP contribution in [0.5, 0.6) is 0 Å². The maximum Gasteiger partial charge on any atom is 0.334 e. The Balaban J connectivity index is 1.95. The van der Waals surface area contributed by atoms with Gasteiger partial charge in [-0.25, -0.2) is 4.79 Å². The highest BCUT2D eigenvalue weighted by molar-refractivity contribution is 5.90. The molecule has 2 atom stereocenters. The maximum absolute atomic E-state index is 11.4. The number of hydrogen-bond donors (Lipinski definition) is 1. The molecule has 3 heteroatoms. The van der Waals surface area contributed by atoms with Gasteiger partial charge in [-0.3, -0.25) is 0 Å². The molecule has 0 radical (unpaired) electrons. The number of cyclic esters (lactones) is 1. The zero-order valence-corrected chi connectivity index (χ0v) is 13.8. The second-order valence-corrected chi connectivity index (χ2v) is 6.28. The molecule has 0 fully saturated rings. The van der Waals surface area contributed by atoms with Crippen LogP contribution in [-0.4, -0.2) is 23.3 Å². The van der Waals surface area contributed by atoms with Crippen molar-refractivity contribution in [2.75, 3.05) is 0 Å². The third-order valence-electron chi connectivity index (χ3n) is 4.09. The Morgan fingerprint density at radius 1 is 1.10 bits per heavy atom. The normalized spacial score (nSPS) is 19.5. The third kappa shape index (κ3) is 8.25. The molecule has 0 saturated carbocycles. The minimum Gasteiger partial charge on any atom is -0.455 e. The van der Waals surface area contributed by atoms with Gasteiger partial charge in [-0.2, -0.15) is 0 Å². The van der Waals surface area contributed by atoms with Crippen molar-refractivity contribution in [2.24, 2.45) is 0 Å². The predicted octanol–water partition coefficient (Wildman–Crippen LogP) is 4.53. The summed E-state index contributed by atoms with van der Waals surface area (Å²) in [6, 6.07) is 0. The van der Waals surface area contributed by atoms with Crippen LogP contribution >= 0.6 is 0 Å². The number of aliphatic hydroxyl groups excluding tert-OH is 1. The zero-order valence-electron chi connectivity index (χ0n) is 13.8. The van der Waals surface area contributed by atoms with Gasteiger partial charge in [0.2, 0.25) is 0 Å². The van der Waals surface area contributed by atoms with E-state index >= 15 is 0 Å². The molecule has 1 heterocycles. The molecule has 0 amide bonds. The molecule has 1 N–H and O–H groups in total. The fourth-order valence-corrected chi connectivity index (χ4v) is 2.83. The highest BCUT2D eigenvalue weighted by atomic mass is 16.5. The van der Waals surface area contributed by atoms with Crippen LogP contribution in [0, 0.1) is 0 Å². The first kappa shape index (κ1) is 18.2. The molecule has 0 aliphatic carbocycles. The van der Waals surface area contributed by atoms with E-state index in [2.05, 4.69) is 6.92 Å². The van der Waals surface area contributed by atoms with Crippen LogP contribution < -0.4 is 0 Å². The molecule has 1 rings (SSSR count). The average Bonchev–Trinajstić information content (AvgIpc) is 2.75. The van der Waals surface area contributed by atoms with Crippen LogP contribution in [0.15, 0.2) is 11.6 Å². The molecule has 1 aliphatic rings. The van der Waals surface area contributed by atoms with E-state index in [1.165, 1.54) is 51.4 Å². The van der Waals surface area contributed by atoms with Gasteiger partial charge in [0.25, 0.3) is 0 Å². The molecule has 0 aromatic carbocycles. The Labute approximate surface area is 129 Å². The minimum atomic E-state index is -0.404. The van der Waals surface area contributed by atoms with Crippen LogP contribution in [0.25, 0.3) is 0 Å². The number of carbonyl (C=O) groups is 1. The molecule has 0 aromatic heterocycles. The Morgan fingerprint density at radius 2 is 1.67 bits per heavy atom. The van der Waals surface area contributed by atoms with Crippen molar-refractivity contribution in [2.45, 2.75) is 96.7 Å². The summed E-state index contributed by atoms with van der Waals surface area (Å²) in [4.78, 5) is 11.4. The molecule has 0 unspecified atom stereocenters. The highest BCUT2D eigenvalue weighted by Crippen LogP contribution is 2.20. The van der Waals surface area contributed by atoms with E-state index < -0.39 is 6.10 Å². The number of rotatable bonds is 12. The van der Waals surface area contributed by atoms with Crippen LogP contribution in [-0.2, 0) is 9.53 Å². The Morgan fingerprint density at radius 3 is 2.19 bits per heavy atom. The highest BCUT2D eigenvalue weighted by Gasteiger charge is 2.23. The fraction of sp³-hybridized carbons (Fsp3) is 0.833. The molecule has 122 valence electrons. The number of aliphatic hydroxyl groups is 1. The predicted molar refractivity (Wildman–Crippen MR) is 86.1 cm³/mol. The number of ether oxygens (including phenoxy) is 1. The van der Waals surface area contributed by atoms with Crippen molar-refractivity contribution < 1.29 is 14.6 Å². The number of esters is 1. The Hall–Kier alpha value is -0.830. The molecule has 0 bridgehead atoms. The average molecular weight is 296 g/mol. The summed E-state index contributed by atoms with van der Waals surface area (Å²) in [6.45, 7) is 4.09. The van der Waals surface area contributed by atoms with Crippen molar-refractivity contribution in [1.82, 2.24) is 0 Å². The monoisotopic (exact) mass is 296 g/mol. The number of hydrogen-bond acceptors (Lipinski definition) is 3. The first-order valence-corrected chi connectivity index (χ1v) is 8.73. The Kier molecular flexibility index (Phi) is 9.40. The molecular formula is C18H32O3. The van der Waals surface area contributed by atoms with Crippen LogP contribution in [0.2, 0.25) is 0 Å². The van der Waals surface area contributed by atoms with Crippen LogP contribution in [0.4, 0.5) is 0 Å². The quantitative estimate of drug-likeness (QED) is 0.425. The van der Waals surface area contributed by atoms with Gasteiger partial charge in [0.05, 0.1) is 6.10 Å². The standard InChI is InChI=1S/C18H32O3/c1-3-4-5-6-7-8-9-10-11-12-17(19)14-16-13-15(2)21-18(16)20/h13,15,17,19H,3-12,14H2,1-2H3/t15-,17-/m0/s1. The maximum atomic E-state index is 11.4. The summed E-state index contributed by atoms with van der Waals surface area (Å²) in [7, 11) is 0. The second kappa shape index (κ2) is 10.8. The van der Waals surface area contributed by atoms with Gasteiger partial charge in [0.15, 0.2) is 0 Å². The zero-order chi connectivity index (χ0) is 15.5. The Bertz CT molecular complexity index is 322. The fourth-order valence-electron chi connectivity index (χ4n) is 2.83. The molecule has 0 saturated heterocycles. The van der Waals surface area contributed by atoms with Crippen molar-refractivity contribution in [1.29, 1.82) is 0 Å². The van der Waals surface area contributed by atoms with E-state index in [9.17, 15) is 9.90 Å². The number of unbranched alkanes of at least 4 members (excludes halogenated alkanes) is 8. The minimum absolute atomic E-state index is 0.132. The van der Waals surface area contributed by atoms with Gasteiger partial charge in [-0.05, 0) is 19.4 Å². The lowest BCUT2D eigenvalue weighted by Gasteiger charge is -2.09. The van der Waals surface area contributed by atoms with Gasteiger partial charge in [0, 0.05) is 12.0 Å². The first-order chi connectivity index (χ1) is 10.1. The lowest BCUT2D eigenvalue weighted by molar-refractivity contribution is -0.139. The summed E-state index contributed by atoms with van der Waals surface area (Å²) in [5.41, 5.74) is 0.644. The molecular weight excluding hydrogens is 264 g/mol. The topological polar surface area (TPSA) is 46.5 Å². The first-order valence-electron chi connectivity index (χ1n) is 8.73. The molecule has 21 heavy (non-hydrogen) atoms. The van der Waals surface area contributed by atoms with Gasteiger partial charge in [-0.15, -0.1) is 0 Å². The largest absolute Gasteiger partial charge is 0.455 e. The van der Waals surface area contributed by atoms with E-state index in [0.29, 0.717) is 12.0 Å². The van der Waals surface area contributed by atoms with Gasteiger partial charge >= 0.3 is 5.97 Å². The van der Waals surface area contributed by atoms with Crippen molar-refractivity contribution >= 4 is 5.97 Å². The molecule has 0 aromatic rings. The van der Waals surface area contributed by atoms with E-state index in [1.807, 2.05) is 13.0 Å². The van der Waals surface area contributed by atoms with E-state index in [-0.39, 0.29) is 12.1 Å². The van der Waals surface area contributed by atoms with Crippen LogP contribution in [0.1, 0.15) is 84.5 Å². The summed E-state index contributed by atoms with van der Waals surface area (Å²) >= 11 is 0. The summed E-state index contributed by atoms with van der Waals surface area (Å²) < 4.78 is 5.03. The summed E-state index contributed by atoms with van der Waals surface area (Å²) in [5.74, 6) is -0.256. The molecule has 3 nitrogen and oxygen atoms in total. The van der Waals surface area contributed by atoms with Crippen molar-refractivity contribution in [3.05, 3.63) is 11.6 Å². The van der Waals surface area contributed by atoms with Gasteiger partial charge < -0.3 is 9.84 Å². The van der Waals surface area contributed by atoms with Crippen LogP contribution in [0.3, 0.4) is 0 Å². The smallest absolute Gasteiger partial charge is 0.334 e. The van der Waals surface area contributed by atoms with E-state index in [0.717, 1.165) is 12.8 Å².